The quantitative estimate of drug-likeness (QED) is 0.412. The van der Waals surface area contributed by atoms with Gasteiger partial charge in [0.2, 0.25) is 0 Å². The number of aromatic nitrogens is 1. The molecule has 0 spiro atoms. The number of halogens is 1. The molecule has 33 heavy (non-hydrogen) atoms. The summed E-state index contributed by atoms with van der Waals surface area (Å²) in [5, 5.41) is 0.496. The van der Waals surface area contributed by atoms with E-state index in [-0.39, 0.29) is 24.1 Å². The number of pyridine rings is 1. The van der Waals surface area contributed by atoms with Crippen molar-refractivity contribution in [3.05, 3.63) is 94.8 Å². The van der Waals surface area contributed by atoms with Crippen LogP contribution in [0.1, 0.15) is 48.3 Å². The fraction of sp³-hybridized carbons (Fsp3) is 0.286. The van der Waals surface area contributed by atoms with Crippen LogP contribution in [0, 0.1) is 0 Å². The molecule has 2 bridgehead atoms. The molecule has 5 heteroatoms. The Labute approximate surface area is 198 Å². The predicted octanol–water partition coefficient (Wildman–Crippen LogP) is 6.69. The lowest BCUT2D eigenvalue weighted by Gasteiger charge is -2.44. The zero-order chi connectivity index (χ0) is 22.4. The lowest BCUT2D eigenvalue weighted by atomic mass is 9.83. The Kier molecular flexibility index (Phi) is 5.18. The molecule has 0 radical (unpaired) electrons. The van der Waals surface area contributed by atoms with Crippen LogP contribution < -0.4 is 0 Å². The Balaban J connectivity index is 1.22. The Hall–Kier alpha value is -3.11. The third-order valence-corrected chi connectivity index (χ3v) is 7.51. The van der Waals surface area contributed by atoms with Gasteiger partial charge >= 0.3 is 6.09 Å². The third kappa shape index (κ3) is 3.63. The first kappa shape index (κ1) is 20.5. The molecular weight excluding hydrogens is 432 g/mol. The van der Waals surface area contributed by atoms with Gasteiger partial charge in [-0.2, -0.15) is 0 Å². The molecule has 1 fully saturated rings. The van der Waals surface area contributed by atoms with E-state index >= 15 is 0 Å². The summed E-state index contributed by atoms with van der Waals surface area (Å²) in [6.45, 7) is 0.362. The summed E-state index contributed by atoms with van der Waals surface area (Å²) in [4.78, 5) is 19.5. The van der Waals surface area contributed by atoms with Crippen molar-refractivity contribution in [2.75, 3.05) is 6.61 Å². The van der Waals surface area contributed by atoms with Crippen LogP contribution in [0.25, 0.3) is 16.7 Å². The van der Waals surface area contributed by atoms with Crippen LogP contribution in [0.15, 0.2) is 72.9 Å². The van der Waals surface area contributed by atoms with Crippen LogP contribution in [0.5, 0.6) is 0 Å². The van der Waals surface area contributed by atoms with E-state index in [0.29, 0.717) is 11.8 Å². The Bertz CT molecular complexity index is 1190. The van der Waals surface area contributed by atoms with Crippen LogP contribution in [0.4, 0.5) is 4.79 Å². The smallest absolute Gasteiger partial charge is 0.410 e. The molecule has 2 unspecified atom stereocenters. The van der Waals surface area contributed by atoms with Gasteiger partial charge in [0.1, 0.15) is 11.8 Å². The second-order valence-corrected chi connectivity index (χ2v) is 9.52. The molecule has 1 amide bonds. The maximum Gasteiger partial charge on any atom is 0.410 e. The van der Waals surface area contributed by atoms with E-state index in [1.54, 1.807) is 0 Å². The second-order valence-electron chi connectivity index (χ2n) is 9.13. The van der Waals surface area contributed by atoms with Gasteiger partial charge in [0.25, 0.3) is 0 Å². The fourth-order valence-electron chi connectivity index (χ4n) is 5.76. The minimum atomic E-state index is -0.198. The van der Waals surface area contributed by atoms with E-state index in [0.717, 1.165) is 31.2 Å². The number of piperidine rings is 1. The zero-order valence-electron chi connectivity index (χ0n) is 18.3. The molecule has 1 aromatic heterocycles. The molecule has 2 aliphatic heterocycles. The maximum absolute atomic E-state index is 13.3. The van der Waals surface area contributed by atoms with Gasteiger partial charge in [-0.25, -0.2) is 9.78 Å². The second kappa shape index (κ2) is 8.35. The van der Waals surface area contributed by atoms with E-state index in [9.17, 15) is 4.79 Å². The number of rotatable bonds is 3. The molecule has 1 aliphatic carbocycles. The summed E-state index contributed by atoms with van der Waals surface area (Å²) in [5.74, 6) is 0.0808. The summed E-state index contributed by atoms with van der Waals surface area (Å²) in [7, 11) is 0. The first-order valence-corrected chi connectivity index (χ1v) is 12.0. The average Bonchev–Trinajstić information content (AvgIpc) is 3.16. The summed E-state index contributed by atoms with van der Waals surface area (Å²) in [6, 6.07) is 20.9. The summed E-state index contributed by atoms with van der Waals surface area (Å²) >= 11 is 5.96. The van der Waals surface area contributed by atoms with Gasteiger partial charge in [0.15, 0.2) is 0 Å². The molecule has 2 atom stereocenters. The third-order valence-electron chi connectivity index (χ3n) is 7.28. The Morgan fingerprint density at radius 3 is 2.39 bits per heavy atom. The normalized spacial score (nSPS) is 21.2. The highest BCUT2D eigenvalue weighted by Gasteiger charge is 2.39. The van der Waals surface area contributed by atoms with Crippen molar-refractivity contribution >= 4 is 23.3 Å². The molecule has 166 valence electrons. The first-order chi connectivity index (χ1) is 16.2. The van der Waals surface area contributed by atoms with E-state index < -0.39 is 0 Å². The molecule has 6 rings (SSSR count). The van der Waals surface area contributed by atoms with Gasteiger partial charge in [-0.1, -0.05) is 72.3 Å². The summed E-state index contributed by atoms with van der Waals surface area (Å²) < 4.78 is 6.00. The molecule has 3 aromatic rings. The van der Waals surface area contributed by atoms with Crippen LogP contribution in [-0.4, -0.2) is 34.7 Å². The molecule has 1 saturated heterocycles. The van der Waals surface area contributed by atoms with Gasteiger partial charge in [0, 0.05) is 18.2 Å². The van der Waals surface area contributed by atoms with Gasteiger partial charge in [-0.3, -0.25) is 4.90 Å². The number of nitrogens with zero attached hydrogens (tertiary/aromatic N) is 2. The minimum Gasteiger partial charge on any atom is -0.448 e. The van der Waals surface area contributed by atoms with Crippen molar-refractivity contribution in [1.82, 2.24) is 9.88 Å². The maximum atomic E-state index is 13.3. The average molecular weight is 457 g/mol. The zero-order valence-corrected chi connectivity index (χ0v) is 19.0. The largest absolute Gasteiger partial charge is 0.448 e. The van der Waals surface area contributed by atoms with Crippen LogP contribution in [-0.2, 0) is 4.74 Å². The van der Waals surface area contributed by atoms with E-state index in [2.05, 4.69) is 59.6 Å². The van der Waals surface area contributed by atoms with Crippen molar-refractivity contribution in [1.29, 1.82) is 0 Å². The number of carbonyl (C=O) groups is 1. The number of hydrogen-bond donors (Lipinski definition) is 0. The summed E-state index contributed by atoms with van der Waals surface area (Å²) in [5.41, 5.74) is 7.30. The number of ether oxygens (including phenoxy) is 1. The fourth-order valence-corrected chi connectivity index (χ4v) is 5.87. The monoisotopic (exact) mass is 456 g/mol. The van der Waals surface area contributed by atoms with E-state index in [1.807, 2.05) is 23.2 Å². The minimum absolute atomic E-state index is 0.0684. The molecule has 3 heterocycles. The number of hydrogen-bond acceptors (Lipinski definition) is 3. The van der Waals surface area contributed by atoms with E-state index in [1.165, 1.54) is 27.8 Å². The number of benzene rings is 2. The van der Waals surface area contributed by atoms with Crippen molar-refractivity contribution < 1.29 is 9.53 Å². The molecule has 3 aliphatic rings. The molecule has 0 N–H and O–H groups in total. The Morgan fingerprint density at radius 1 is 1.00 bits per heavy atom. The molecular formula is C28H25ClN2O2. The molecule has 2 aromatic carbocycles. The molecule has 4 nitrogen and oxygen atoms in total. The van der Waals surface area contributed by atoms with Crippen molar-refractivity contribution in [2.24, 2.45) is 0 Å². The number of fused-ring (bicyclic) bond motifs is 5. The lowest BCUT2D eigenvalue weighted by molar-refractivity contribution is 0.0539. The van der Waals surface area contributed by atoms with Crippen LogP contribution in [0.2, 0.25) is 5.15 Å². The highest BCUT2D eigenvalue weighted by Crippen LogP contribution is 2.45. The van der Waals surface area contributed by atoms with E-state index in [4.69, 9.17) is 16.3 Å². The highest BCUT2D eigenvalue weighted by molar-refractivity contribution is 6.29. The lowest BCUT2D eigenvalue weighted by Crippen LogP contribution is -2.51. The topological polar surface area (TPSA) is 42.4 Å². The van der Waals surface area contributed by atoms with Gasteiger partial charge < -0.3 is 4.74 Å². The highest BCUT2D eigenvalue weighted by atomic mass is 35.5. The molecule has 0 saturated carbocycles. The van der Waals surface area contributed by atoms with Crippen molar-refractivity contribution in [2.45, 2.75) is 43.7 Å². The van der Waals surface area contributed by atoms with Gasteiger partial charge in [-0.05, 0) is 65.1 Å². The standard InChI is InChI=1S/C28H25ClN2O2/c29-27-13-12-18(16-30-27)19-14-20-6-5-7-21(15-19)31(20)28(32)33-17-26-24-10-3-1-8-22(24)23-9-2-4-11-25(23)26/h1-4,8-14,16,20-21,26H,5-7,15,17H2. The first-order valence-electron chi connectivity index (χ1n) is 11.6. The predicted molar refractivity (Wildman–Crippen MR) is 130 cm³/mol. The van der Waals surface area contributed by atoms with Crippen LogP contribution >= 0.6 is 11.6 Å². The number of carbonyl (C=O) groups excluding carboxylic acids is 1. The summed E-state index contributed by atoms with van der Waals surface area (Å²) in [6.07, 6.45) is 7.77. The van der Waals surface area contributed by atoms with Gasteiger partial charge in [0.05, 0.1) is 6.04 Å². The van der Waals surface area contributed by atoms with Crippen LogP contribution in [0.3, 0.4) is 0 Å². The SMILES string of the molecule is O=C(OCC1c2ccccc2-c2ccccc21)N1C2C=C(c3ccc(Cl)nc3)CC1CCC2. The van der Waals surface area contributed by atoms with Crippen molar-refractivity contribution in [3.8, 4) is 11.1 Å². The number of amides is 1. The van der Waals surface area contributed by atoms with Gasteiger partial charge in [-0.15, -0.1) is 0 Å². The van der Waals surface area contributed by atoms with Crippen molar-refractivity contribution in [3.63, 3.8) is 0 Å². The Morgan fingerprint density at radius 2 is 1.73 bits per heavy atom.